The molecule has 0 aliphatic heterocycles. The zero-order valence-electron chi connectivity index (χ0n) is 9.31. The lowest BCUT2D eigenvalue weighted by Crippen LogP contribution is -2.14. The van der Waals surface area contributed by atoms with Crippen LogP contribution in [0.5, 0.6) is 0 Å². The van der Waals surface area contributed by atoms with Gasteiger partial charge in [0.05, 0.1) is 6.04 Å². The zero-order chi connectivity index (χ0) is 13.4. The maximum atomic E-state index is 13.6. The average Bonchev–Trinajstić information content (AvgIpc) is 2.57. The molecular formula is C12H9BrF3NS. The number of hydrogen-bond acceptors (Lipinski definition) is 2. The minimum atomic E-state index is -0.970. The second-order valence-electron chi connectivity index (χ2n) is 3.81. The molecule has 0 bridgehead atoms. The van der Waals surface area contributed by atoms with Crippen molar-refractivity contribution in [2.75, 3.05) is 0 Å². The minimum Gasteiger partial charge on any atom is -0.319 e. The molecule has 1 unspecified atom stereocenters. The summed E-state index contributed by atoms with van der Waals surface area (Å²) in [6.45, 7) is 1.86. The Labute approximate surface area is 115 Å². The number of halogens is 4. The molecule has 1 atom stereocenters. The predicted octanol–water partition coefficient (Wildman–Crippen LogP) is 4.28. The summed E-state index contributed by atoms with van der Waals surface area (Å²) >= 11 is 4.65. The number of thiophene rings is 1. The van der Waals surface area contributed by atoms with Gasteiger partial charge in [0.15, 0.2) is 0 Å². The Morgan fingerprint density at radius 1 is 1.17 bits per heavy atom. The van der Waals surface area contributed by atoms with Crippen molar-refractivity contribution in [2.24, 2.45) is 5.73 Å². The smallest absolute Gasteiger partial charge is 0.134 e. The maximum Gasteiger partial charge on any atom is 0.134 e. The molecule has 1 aromatic heterocycles. The van der Waals surface area contributed by atoms with Gasteiger partial charge in [-0.05, 0) is 28.9 Å². The number of benzene rings is 1. The standard InChI is InChI=1S/C12H9BrF3NS/c1-5-7(13)4-10(18-5)12(17)11-8(15)2-6(14)3-9(11)16/h2-4,12H,17H2,1H3. The highest BCUT2D eigenvalue weighted by molar-refractivity contribution is 9.10. The molecule has 1 aromatic carbocycles. The lowest BCUT2D eigenvalue weighted by atomic mass is 10.0. The van der Waals surface area contributed by atoms with Crippen LogP contribution in [-0.4, -0.2) is 0 Å². The van der Waals surface area contributed by atoms with Crippen LogP contribution in [0, 0.1) is 24.4 Å². The summed E-state index contributed by atoms with van der Waals surface area (Å²) in [6, 6.07) is 2.04. The van der Waals surface area contributed by atoms with Gasteiger partial charge in [-0.1, -0.05) is 0 Å². The summed E-state index contributed by atoms with van der Waals surface area (Å²) < 4.78 is 40.8. The lowest BCUT2D eigenvalue weighted by molar-refractivity contribution is 0.516. The van der Waals surface area contributed by atoms with Gasteiger partial charge in [0.1, 0.15) is 17.5 Å². The van der Waals surface area contributed by atoms with E-state index in [-0.39, 0.29) is 5.56 Å². The van der Waals surface area contributed by atoms with Crippen molar-refractivity contribution in [3.63, 3.8) is 0 Å². The molecule has 2 aromatic rings. The van der Waals surface area contributed by atoms with Crippen molar-refractivity contribution in [1.82, 2.24) is 0 Å². The molecule has 0 aliphatic carbocycles. The summed E-state index contributed by atoms with van der Waals surface area (Å²) in [4.78, 5) is 1.58. The molecule has 18 heavy (non-hydrogen) atoms. The number of rotatable bonds is 2. The van der Waals surface area contributed by atoms with Crippen LogP contribution < -0.4 is 5.73 Å². The van der Waals surface area contributed by atoms with Crippen LogP contribution in [0.1, 0.15) is 21.4 Å². The Morgan fingerprint density at radius 3 is 2.17 bits per heavy atom. The van der Waals surface area contributed by atoms with E-state index < -0.39 is 23.5 Å². The number of nitrogens with two attached hydrogens (primary N) is 1. The quantitative estimate of drug-likeness (QED) is 0.870. The van der Waals surface area contributed by atoms with E-state index in [1.165, 1.54) is 11.3 Å². The van der Waals surface area contributed by atoms with Crippen molar-refractivity contribution in [3.05, 3.63) is 55.4 Å². The maximum absolute atomic E-state index is 13.6. The van der Waals surface area contributed by atoms with Crippen molar-refractivity contribution >= 4 is 27.3 Å². The van der Waals surface area contributed by atoms with Crippen molar-refractivity contribution in [3.8, 4) is 0 Å². The van der Waals surface area contributed by atoms with Gasteiger partial charge < -0.3 is 5.73 Å². The normalized spacial score (nSPS) is 12.8. The van der Waals surface area contributed by atoms with Gasteiger partial charge in [0.2, 0.25) is 0 Å². The zero-order valence-corrected chi connectivity index (χ0v) is 11.7. The first-order valence-electron chi connectivity index (χ1n) is 5.06. The minimum absolute atomic E-state index is 0.315. The molecule has 6 heteroatoms. The van der Waals surface area contributed by atoms with E-state index in [0.29, 0.717) is 17.0 Å². The summed E-state index contributed by atoms with van der Waals surface area (Å²) in [6.07, 6.45) is 0. The van der Waals surface area contributed by atoms with Gasteiger partial charge in [-0.3, -0.25) is 0 Å². The van der Waals surface area contributed by atoms with Gasteiger partial charge in [-0.15, -0.1) is 11.3 Å². The third-order valence-electron chi connectivity index (χ3n) is 2.54. The van der Waals surface area contributed by atoms with E-state index in [1.807, 2.05) is 6.92 Å². The fourth-order valence-corrected chi connectivity index (χ4v) is 3.20. The highest BCUT2D eigenvalue weighted by Gasteiger charge is 2.21. The van der Waals surface area contributed by atoms with Gasteiger partial charge in [-0.25, -0.2) is 13.2 Å². The van der Waals surface area contributed by atoms with E-state index in [0.717, 1.165) is 9.35 Å². The monoisotopic (exact) mass is 335 g/mol. The summed E-state index contributed by atoms with van der Waals surface area (Å²) in [5, 5.41) is 0. The molecule has 96 valence electrons. The molecule has 0 saturated heterocycles. The molecule has 2 rings (SSSR count). The van der Waals surface area contributed by atoms with Crippen molar-refractivity contribution < 1.29 is 13.2 Å². The van der Waals surface area contributed by atoms with Crippen LogP contribution in [-0.2, 0) is 0 Å². The van der Waals surface area contributed by atoms with Crippen LogP contribution >= 0.6 is 27.3 Å². The van der Waals surface area contributed by atoms with Gasteiger partial charge >= 0.3 is 0 Å². The first-order valence-corrected chi connectivity index (χ1v) is 6.67. The van der Waals surface area contributed by atoms with E-state index in [1.54, 1.807) is 6.07 Å². The SMILES string of the molecule is Cc1sc(C(N)c2c(F)cc(F)cc2F)cc1Br. The predicted molar refractivity (Wildman–Crippen MR) is 69.1 cm³/mol. The molecule has 0 radical (unpaired) electrons. The highest BCUT2D eigenvalue weighted by atomic mass is 79.9. The number of hydrogen-bond donors (Lipinski definition) is 1. The van der Waals surface area contributed by atoms with E-state index in [2.05, 4.69) is 15.9 Å². The van der Waals surface area contributed by atoms with Crippen LogP contribution in [0.4, 0.5) is 13.2 Å². The second-order valence-corrected chi connectivity index (χ2v) is 5.96. The third kappa shape index (κ3) is 2.46. The van der Waals surface area contributed by atoms with Crippen LogP contribution in [0.25, 0.3) is 0 Å². The largest absolute Gasteiger partial charge is 0.319 e. The molecule has 1 nitrogen and oxygen atoms in total. The number of aryl methyl sites for hydroxylation is 1. The van der Waals surface area contributed by atoms with E-state index >= 15 is 0 Å². The average molecular weight is 336 g/mol. The first-order chi connectivity index (χ1) is 8.40. The molecule has 2 N–H and O–H groups in total. The van der Waals surface area contributed by atoms with Gasteiger partial charge in [0, 0.05) is 31.9 Å². The summed E-state index contributed by atoms with van der Waals surface area (Å²) in [5.74, 6) is -2.89. The van der Waals surface area contributed by atoms with Gasteiger partial charge in [-0.2, -0.15) is 0 Å². The van der Waals surface area contributed by atoms with Crippen LogP contribution in [0.15, 0.2) is 22.7 Å². The van der Waals surface area contributed by atoms with Gasteiger partial charge in [0.25, 0.3) is 0 Å². The fourth-order valence-electron chi connectivity index (χ4n) is 1.63. The first kappa shape index (κ1) is 13.6. The molecule has 0 aliphatic rings. The van der Waals surface area contributed by atoms with Crippen molar-refractivity contribution in [2.45, 2.75) is 13.0 Å². The molecule has 0 saturated carbocycles. The molecule has 0 spiro atoms. The van der Waals surface area contributed by atoms with Crippen LogP contribution in [0.3, 0.4) is 0 Å². The summed E-state index contributed by atoms with van der Waals surface area (Å²) in [7, 11) is 0. The third-order valence-corrected chi connectivity index (χ3v) is 4.76. The van der Waals surface area contributed by atoms with E-state index in [9.17, 15) is 13.2 Å². The second kappa shape index (κ2) is 5.03. The Hall–Kier alpha value is -0.850. The van der Waals surface area contributed by atoms with Crippen molar-refractivity contribution in [1.29, 1.82) is 0 Å². The Balaban J connectivity index is 2.49. The summed E-state index contributed by atoms with van der Waals surface area (Å²) in [5.41, 5.74) is 5.52. The molecule has 1 heterocycles. The Bertz CT molecular complexity index is 554. The topological polar surface area (TPSA) is 26.0 Å². The highest BCUT2D eigenvalue weighted by Crippen LogP contribution is 2.34. The lowest BCUT2D eigenvalue weighted by Gasteiger charge is -2.12. The molecule has 0 fully saturated rings. The Morgan fingerprint density at radius 2 is 1.72 bits per heavy atom. The molecule has 0 amide bonds. The fraction of sp³-hybridized carbons (Fsp3) is 0.167. The molecular weight excluding hydrogens is 327 g/mol. The van der Waals surface area contributed by atoms with E-state index in [4.69, 9.17) is 5.73 Å². The van der Waals surface area contributed by atoms with Crippen LogP contribution in [0.2, 0.25) is 0 Å². The Kier molecular flexibility index (Phi) is 3.79.